The molecule has 222 valence electrons. The van der Waals surface area contributed by atoms with Crippen LogP contribution in [-0.2, 0) is 30.4 Å². The minimum atomic E-state index is -1.54. The molecule has 0 fully saturated rings. The first kappa shape index (κ1) is 33.8. The maximum Gasteiger partial charge on any atom is 0.326 e. The van der Waals surface area contributed by atoms with Crippen LogP contribution in [0.1, 0.15) is 44.1 Å². The van der Waals surface area contributed by atoms with Crippen molar-refractivity contribution in [2.75, 3.05) is 13.1 Å². The highest BCUT2D eigenvalue weighted by Crippen LogP contribution is 2.07. The van der Waals surface area contributed by atoms with Gasteiger partial charge in [-0.1, -0.05) is 30.3 Å². The number of carbonyl (C=O) groups is 5. The summed E-state index contributed by atoms with van der Waals surface area (Å²) in [5, 5.41) is 26.0. The normalized spacial score (nSPS) is 13.7. The molecule has 1 aromatic carbocycles. The zero-order valence-electron chi connectivity index (χ0n) is 22.3. The minimum absolute atomic E-state index is 0.0122. The third-order valence-electron chi connectivity index (χ3n) is 5.79. The summed E-state index contributed by atoms with van der Waals surface area (Å²) in [5.74, 6) is -5.29. The lowest BCUT2D eigenvalue weighted by Crippen LogP contribution is -2.57. The zero-order valence-corrected chi connectivity index (χ0v) is 22.3. The first-order valence-electron chi connectivity index (χ1n) is 12.8. The number of hydrogen-bond acceptors (Lipinski definition) is 8. The van der Waals surface area contributed by atoms with Gasteiger partial charge in [-0.3, -0.25) is 24.2 Å². The molecule has 15 heteroatoms. The molecule has 0 aliphatic heterocycles. The number of carbonyl (C=O) groups excluding carboxylic acids is 3. The smallest absolute Gasteiger partial charge is 0.326 e. The number of hydrogen-bond donors (Lipinski definition) is 9. The highest BCUT2D eigenvalue weighted by atomic mass is 16.4. The second kappa shape index (κ2) is 18.1. The van der Waals surface area contributed by atoms with Crippen molar-refractivity contribution in [2.45, 2.75) is 69.1 Å². The summed E-state index contributed by atoms with van der Waals surface area (Å²) in [4.78, 5) is 65.6. The Bertz CT molecular complexity index is 1020. The summed E-state index contributed by atoms with van der Waals surface area (Å²) < 4.78 is 0. The quantitative estimate of drug-likeness (QED) is 0.0491. The van der Waals surface area contributed by atoms with Gasteiger partial charge in [0, 0.05) is 6.54 Å². The molecule has 40 heavy (non-hydrogen) atoms. The molecule has 0 aromatic heterocycles. The molecule has 0 saturated carbocycles. The number of guanidine groups is 1. The summed E-state index contributed by atoms with van der Waals surface area (Å²) in [5.41, 5.74) is 22.8. The molecule has 0 spiro atoms. The molecule has 1 rings (SSSR count). The van der Waals surface area contributed by atoms with Crippen LogP contribution in [0, 0.1) is 0 Å². The number of nitrogens with two attached hydrogens (primary N) is 4. The maximum absolute atomic E-state index is 13.0. The molecule has 15 nitrogen and oxygen atoms in total. The number of nitrogens with one attached hydrogen (secondary N) is 3. The van der Waals surface area contributed by atoms with Gasteiger partial charge >= 0.3 is 11.9 Å². The number of carboxylic acids is 2. The molecular formula is C25H40N8O7. The van der Waals surface area contributed by atoms with Crippen LogP contribution in [-0.4, -0.2) is 83.1 Å². The van der Waals surface area contributed by atoms with Crippen LogP contribution in [0.3, 0.4) is 0 Å². The predicted octanol–water partition coefficient (Wildman–Crippen LogP) is -2.25. The molecule has 3 amide bonds. The van der Waals surface area contributed by atoms with Gasteiger partial charge < -0.3 is 49.1 Å². The van der Waals surface area contributed by atoms with Gasteiger partial charge in [0.1, 0.15) is 18.1 Å². The van der Waals surface area contributed by atoms with Crippen molar-refractivity contribution in [2.24, 2.45) is 27.9 Å². The monoisotopic (exact) mass is 564 g/mol. The number of unbranched alkanes of at least 4 members (excludes halogenated alkanes) is 1. The summed E-state index contributed by atoms with van der Waals surface area (Å²) in [6, 6.07) is 3.77. The predicted molar refractivity (Wildman–Crippen MR) is 147 cm³/mol. The van der Waals surface area contributed by atoms with Crippen molar-refractivity contribution in [1.82, 2.24) is 16.0 Å². The number of benzene rings is 1. The largest absolute Gasteiger partial charge is 0.481 e. The van der Waals surface area contributed by atoms with Crippen molar-refractivity contribution < 1.29 is 34.2 Å². The fourth-order valence-electron chi connectivity index (χ4n) is 3.69. The average molecular weight is 565 g/mol. The average Bonchev–Trinajstić information content (AvgIpc) is 2.89. The van der Waals surface area contributed by atoms with Crippen molar-refractivity contribution in [3.63, 3.8) is 0 Å². The van der Waals surface area contributed by atoms with Crippen LogP contribution in [0.25, 0.3) is 0 Å². The van der Waals surface area contributed by atoms with E-state index in [1.807, 2.05) is 0 Å². The van der Waals surface area contributed by atoms with Gasteiger partial charge in [0.15, 0.2) is 5.96 Å². The third-order valence-corrected chi connectivity index (χ3v) is 5.79. The van der Waals surface area contributed by atoms with E-state index in [9.17, 15) is 34.2 Å². The zero-order chi connectivity index (χ0) is 30.1. The van der Waals surface area contributed by atoms with E-state index in [-0.39, 0.29) is 38.2 Å². The van der Waals surface area contributed by atoms with Gasteiger partial charge in [-0.25, -0.2) is 4.79 Å². The van der Waals surface area contributed by atoms with Gasteiger partial charge in [0.2, 0.25) is 17.7 Å². The number of carboxylic acid groups (broad SMARTS) is 2. The van der Waals surface area contributed by atoms with Gasteiger partial charge in [-0.15, -0.1) is 0 Å². The maximum atomic E-state index is 13.0. The SMILES string of the molecule is NCCCCC(NC(=O)C(CC(=O)O)NC(=O)C(N)Cc1ccccc1)C(=O)NC(CCCN=C(N)N)C(=O)O. The van der Waals surface area contributed by atoms with E-state index >= 15 is 0 Å². The van der Waals surface area contributed by atoms with Crippen LogP contribution in [0.4, 0.5) is 0 Å². The molecule has 0 aliphatic carbocycles. The second-order valence-corrected chi connectivity index (χ2v) is 9.15. The van der Waals surface area contributed by atoms with Crippen LogP contribution < -0.4 is 38.9 Å². The third kappa shape index (κ3) is 13.5. The van der Waals surface area contributed by atoms with E-state index in [4.69, 9.17) is 22.9 Å². The first-order chi connectivity index (χ1) is 18.9. The lowest BCUT2D eigenvalue weighted by atomic mass is 10.0. The molecule has 1 aromatic rings. The highest BCUT2D eigenvalue weighted by molar-refractivity contribution is 5.95. The highest BCUT2D eigenvalue weighted by Gasteiger charge is 2.31. The summed E-state index contributed by atoms with van der Waals surface area (Å²) in [6.45, 7) is 0.476. The van der Waals surface area contributed by atoms with E-state index in [2.05, 4.69) is 20.9 Å². The van der Waals surface area contributed by atoms with E-state index in [1.54, 1.807) is 30.3 Å². The Morgan fingerprint density at radius 2 is 1.38 bits per heavy atom. The number of amides is 3. The lowest BCUT2D eigenvalue weighted by Gasteiger charge is -2.24. The molecule has 0 aliphatic rings. The summed E-state index contributed by atoms with van der Waals surface area (Å²) in [6.07, 6.45) is 0.677. The number of nitrogens with zero attached hydrogens (tertiary/aromatic N) is 1. The molecule has 0 radical (unpaired) electrons. The Hall–Kier alpha value is -4.24. The van der Waals surface area contributed by atoms with Crippen molar-refractivity contribution in [3.05, 3.63) is 35.9 Å². The van der Waals surface area contributed by atoms with Crippen molar-refractivity contribution in [3.8, 4) is 0 Å². The van der Waals surface area contributed by atoms with Gasteiger partial charge in [0.05, 0.1) is 12.5 Å². The lowest BCUT2D eigenvalue weighted by molar-refractivity contribution is -0.143. The summed E-state index contributed by atoms with van der Waals surface area (Å²) in [7, 11) is 0. The number of aliphatic carboxylic acids is 2. The topological polar surface area (TPSA) is 278 Å². The summed E-state index contributed by atoms with van der Waals surface area (Å²) >= 11 is 0. The van der Waals surface area contributed by atoms with Crippen LogP contribution in [0.15, 0.2) is 35.3 Å². The molecule has 0 saturated heterocycles. The van der Waals surface area contributed by atoms with Crippen molar-refractivity contribution in [1.29, 1.82) is 0 Å². The first-order valence-corrected chi connectivity index (χ1v) is 12.8. The van der Waals surface area contributed by atoms with E-state index in [1.165, 1.54) is 0 Å². The Morgan fingerprint density at radius 1 is 0.800 bits per heavy atom. The molecular weight excluding hydrogens is 524 g/mol. The van der Waals surface area contributed by atoms with Crippen LogP contribution in [0.2, 0.25) is 0 Å². The van der Waals surface area contributed by atoms with E-state index in [0.29, 0.717) is 19.4 Å². The number of rotatable bonds is 19. The van der Waals surface area contributed by atoms with Crippen LogP contribution >= 0.6 is 0 Å². The minimum Gasteiger partial charge on any atom is -0.481 e. The molecule has 0 bridgehead atoms. The van der Waals surface area contributed by atoms with Crippen molar-refractivity contribution >= 4 is 35.6 Å². The Labute approximate surface area is 232 Å². The Balaban J connectivity index is 2.95. The van der Waals surface area contributed by atoms with Gasteiger partial charge in [0.25, 0.3) is 0 Å². The molecule has 4 atom stereocenters. The number of aliphatic imine (C=N–C) groups is 1. The van der Waals surface area contributed by atoms with Gasteiger partial charge in [-0.2, -0.15) is 0 Å². The van der Waals surface area contributed by atoms with Crippen LogP contribution in [0.5, 0.6) is 0 Å². The standard InChI is InChI=1S/C25H40N8O7/c26-11-5-4-9-17(22(37)32-18(24(39)40)10-6-12-30-25(28)29)31-23(38)19(14-20(34)35)33-21(36)16(27)13-15-7-2-1-3-8-15/h1-3,7-8,16-19H,4-6,9-14,26-27H2,(H,31,38)(H,32,37)(H,33,36)(H,34,35)(H,39,40)(H4,28,29,30). The second-order valence-electron chi connectivity index (χ2n) is 9.15. The van der Waals surface area contributed by atoms with E-state index in [0.717, 1.165) is 5.56 Å². The Kier molecular flexibility index (Phi) is 15.3. The molecule has 0 heterocycles. The van der Waals surface area contributed by atoms with Gasteiger partial charge in [-0.05, 0) is 50.6 Å². The Morgan fingerprint density at radius 3 is 1.95 bits per heavy atom. The van der Waals surface area contributed by atoms with E-state index < -0.39 is 60.2 Å². The molecule has 4 unspecified atom stereocenters. The fraction of sp³-hybridized carbons (Fsp3) is 0.520. The fourth-order valence-corrected chi connectivity index (χ4v) is 3.69. The molecule has 13 N–H and O–H groups in total.